The van der Waals surface area contributed by atoms with Crippen molar-refractivity contribution in [1.29, 1.82) is 0 Å². The Morgan fingerprint density at radius 2 is 1.88 bits per heavy atom. The number of amides is 2. The Bertz CT molecular complexity index is 954. The summed E-state index contributed by atoms with van der Waals surface area (Å²) >= 11 is 5.81. The highest BCUT2D eigenvalue weighted by Gasteiger charge is 2.26. The number of H-pyrrole nitrogens is 1. The second-order valence-electron chi connectivity index (χ2n) is 6.88. The molecule has 0 aromatic carbocycles. The normalized spacial score (nSPS) is 13.6. The maximum absolute atomic E-state index is 12.4. The van der Waals surface area contributed by atoms with Crippen molar-refractivity contribution in [3.8, 4) is 5.75 Å². The Kier molecular flexibility index (Phi) is 11.2. The molecule has 0 aliphatic carbocycles. The molecule has 0 aliphatic heterocycles. The van der Waals surface area contributed by atoms with Gasteiger partial charge < -0.3 is 46.9 Å². The molecule has 15 heteroatoms. The molecule has 0 radical (unpaired) electrons. The van der Waals surface area contributed by atoms with Crippen LogP contribution in [-0.4, -0.2) is 78.7 Å². The number of aliphatic carboxylic acids is 2. The number of hydrogen-bond acceptors (Lipinski definition) is 10. The summed E-state index contributed by atoms with van der Waals surface area (Å²) in [6.07, 6.45) is -0.512. The standard InChI is InChI=1S/C18H26N4O9S2/c1-7-14(27)13(8(5-23)16(32)21-7)18(31)33-6-10(15(28)20-4-12(25)26)22-11(24)3-2-9(19)17(29)30/h9-10,18,23,27,31H,2-6,19H2,1H3,(H,20,28)(H,21,32)(H,22,24)(H,25,26)(H,29,30)/t9-,10-,18?/m0/s1. The van der Waals surface area contributed by atoms with Gasteiger partial charge in [0.1, 0.15) is 34.5 Å². The van der Waals surface area contributed by atoms with E-state index in [1.165, 1.54) is 6.92 Å². The molecule has 184 valence electrons. The number of carbonyl (C=O) groups is 4. The van der Waals surface area contributed by atoms with Gasteiger partial charge in [-0.05, 0) is 13.3 Å². The Hall–Kier alpha value is -2.72. The number of carboxylic acid groups (broad SMARTS) is 2. The highest BCUT2D eigenvalue weighted by molar-refractivity contribution is 7.99. The van der Waals surface area contributed by atoms with E-state index in [1.807, 2.05) is 0 Å². The summed E-state index contributed by atoms with van der Waals surface area (Å²) in [5.41, 5.74) is 4.14. The Balaban J connectivity index is 2.98. The molecule has 0 spiro atoms. The van der Waals surface area contributed by atoms with Crippen molar-refractivity contribution >= 4 is 47.7 Å². The van der Waals surface area contributed by atoms with E-state index >= 15 is 0 Å². The fraction of sp³-hybridized carbons (Fsp3) is 0.500. The molecule has 13 nitrogen and oxygen atoms in total. The SMILES string of the molecule is Cc1[nH]c(=S)c(CO)c(C(O)SC[C@H](NC(=O)CC[C@H](N)C(=O)O)C(=O)NCC(=O)O)c1O. The highest BCUT2D eigenvalue weighted by atomic mass is 32.2. The van der Waals surface area contributed by atoms with Gasteiger partial charge in [0, 0.05) is 23.3 Å². The molecule has 1 rings (SSSR count). The molecule has 3 atom stereocenters. The fourth-order valence-corrected chi connectivity index (χ4v) is 3.97. The molecule has 1 aromatic rings. The number of nitrogens with one attached hydrogen (secondary N) is 3. The van der Waals surface area contributed by atoms with Crippen LogP contribution in [0.5, 0.6) is 5.75 Å². The third-order valence-corrected chi connectivity index (χ3v) is 5.83. The lowest BCUT2D eigenvalue weighted by atomic mass is 10.1. The predicted molar refractivity (Wildman–Crippen MR) is 119 cm³/mol. The molecule has 0 saturated heterocycles. The first-order valence-electron chi connectivity index (χ1n) is 9.51. The van der Waals surface area contributed by atoms with Gasteiger partial charge in [-0.1, -0.05) is 12.2 Å². The molecule has 0 aliphatic rings. The molecule has 0 bridgehead atoms. The van der Waals surface area contributed by atoms with Crippen molar-refractivity contribution in [2.45, 2.75) is 43.9 Å². The number of aliphatic hydroxyl groups is 2. The molecular formula is C18H26N4O9S2. The van der Waals surface area contributed by atoms with E-state index in [0.29, 0.717) is 11.8 Å². The van der Waals surface area contributed by atoms with Crippen LogP contribution in [0.1, 0.15) is 35.1 Å². The number of aliphatic hydroxyl groups excluding tert-OH is 2. The highest BCUT2D eigenvalue weighted by Crippen LogP contribution is 2.37. The first-order valence-corrected chi connectivity index (χ1v) is 11.0. The van der Waals surface area contributed by atoms with Crippen LogP contribution in [0.3, 0.4) is 0 Å². The second kappa shape index (κ2) is 13.1. The first kappa shape index (κ1) is 28.3. The zero-order chi connectivity index (χ0) is 25.3. The molecule has 0 saturated carbocycles. The van der Waals surface area contributed by atoms with Crippen molar-refractivity contribution in [2.75, 3.05) is 12.3 Å². The summed E-state index contributed by atoms with van der Waals surface area (Å²) in [7, 11) is 0. The summed E-state index contributed by atoms with van der Waals surface area (Å²) in [5, 5.41) is 52.5. The topological polar surface area (TPSA) is 235 Å². The lowest BCUT2D eigenvalue weighted by Crippen LogP contribution is -2.49. The van der Waals surface area contributed by atoms with E-state index < -0.39 is 54.4 Å². The van der Waals surface area contributed by atoms with Crippen molar-refractivity contribution in [1.82, 2.24) is 15.6 Å². The van der Waals surface area contributed by atoms with E-state index in [9.17, 15) is 34.5 Å². The van der Waals surface area contributed by atoms with Crippen molar-refractivity contribution in [2.24, 2.45) is 5.73 Å². The monoisotopic (exact) mass is 506 g/mol. The van der Waals surface area contributed by atoms with Gasteiger partial charge in [-0.2, -0.15) is 0 Å². The minimum Gasteiger partial charge on any atom is -0.506 e. The average Bonchev–Trinajstić information content (AvgIpc) is 2.74. The molecule has 2 amide bonds. The number of aryl methyl sites for hydroxylation is 1. The number of carboxylic acids is 2. The minimum absolute atomic E-state index is 0.0628. The Labute approximate surface area is 197 Å². The maximum atomic E-state index is 12.4. The lowest BCUT2D eigenvalue weighted by Gasteiger charge is -2.21. The summed E-state index contributed by atoms with van der Waals surface area (Å²) in [5.74, 6) is -4.80. The van der Waals surface area contributed by atoms with Crippen molar-refractivity contribution in [3.05, 3.63) is 21.5 Å². The molecule has 10 N–H and O–H groups in total. The van der Waals surface area contributed by atoms with Crippen LogP contribution in [0.25, 0.3) is 0 Å². The summed E-state index contributed by atoms with van der Waals surface area (Å²) in [6, 6.07) is -2.59. The van der Waals surface area contributed by atoms with Gasteiger partial charge in [0.05, 0.1) is 12.3 Å². The minimum atomic E-state index is -1.46. The Morgan fingerprint density at radius 3 is 2.42 bits per heavy atom. The van der Waals surface area contributed by atoms with Crippen molar-refractivity contribution < 1.29 is 44.7 Å². The van der Waals surface area contributed by atoms with Crippen molar-refractivity contribution in [3.63, 3.8) is 0 Å². The van der Waals surface area contributed by atoms with Gasteiger partial charge in [-0.25, -0.2) is 0 Å². The van der Waals surface area contributed by atoms with Gasteiger partial charge in [-0.15, -0.1) is 11.8 Å². The number of rotatable bonds is 13. The predicted octanol–water partition coefficient (Wildman–Crippen LogP) is -1.15. The van der Waals surface area contributed by atoms with Gasteiger partial charge in [0.25, 0.3) is 0 Å². The largest absolute Gasteiger partial charge is 0.506 e. The van der Waals surface area contributed by atoms with E-state index in [-0.39, 0.29) is 45.8 Å². The number of carbonyl (C=O) groups excluding carboxylic acids is 2. The second-order valence-corrected chi connectivity index (χ2v) is 8.40. The molecule has 1 aromatic heterocycles. The maximum Gasteiger partial charge on any atom is 0.322 e. The quantitative estimate of drug-likeness (QED) is 0.114. The van der Waals surface area contributed by atoms with Gasteiger partial charge in [0.2, 0.25) is 11.8 Å². The number of aromatic amines is 1. The fourth-order valence-electron chi connectivity index (χ4n) is 2.61. The third kappa shape index (κ3) is 8.62. The molecule has 1 unspecified atom stereocenters. The van der Waals surface area contributed by atoms with Crippen LogP contribution in [0.2, 0.25) is 0 Å². The third-order valence-electron chi connectivity index (χ3n) is 4.40. The van der Waals surface area contributed by atoms with E-state index in [0.717, 1.165) is 0 Å². The van der Waals surface area contributed by atoms with Gasteiger partial charge >= 0.3 is 11.9 Å². The number of aromatic hydroxyl groups is 1. The average molecular weight is 507 g/mol. The number of aromatic nitrogens is 1. The van der Waals surface area contributed by atoms with Crippen LogP contribution in [0, 0.1) is 11.6 Å². The molecule has 33 heavy (non-hydrogen) atoms. The molecule has 1 heterocycles. The summed E-state index contributed by atoms with van der Waals surface area (Å²) in [4.78, 5) is 48.7. The number of hydrogen-bond donors (Lipinski definition) is 9. The number of nitrogens with two attached hydrogens (primary N) is 1. The zero-order valence-electron chi connectivity index (χ0n) is 17.5. The smallest absolute Gasteiger partial charge is 0.322 e. The number of thioether (sulfide) groups is 1. The van der Waals surface area contributed by atoms with E-state index in [4.69, 9.17) is 28.2 Å². The Morgan fingerprint density at radius 1 is 1.24 bits per heavy atom. The lowest BCUT2D eigenvalue weighted by molar-refractivity contribution is -0.139. The van der Waals surface area contributed by atoms with E-state index in [2.05, 4.69) is 15.6 Å². The van der Waals surface area contributed by atoms with Gasteiger partial charge in [-0.3, -0.25) is 19.2 Å². The summed E-state index contributed by atoms with van der Waals surface area (Å²) < 4.78 is 0.0984. The van der Waals surface area contributed by atoms with Gasteiger partial charge in [0.15, 0.2) is 0 Å². The van der Waals surface area contributed by atoms with Crippen LogP contribution in [0.4, 0.5) is 0 Å². The first-order chi connectivity index (χ1) is 15.4. The van der Waals surface area contributed by atoms with Crippen LogP contribution in [-0.2, 0) is 25.8 Å². The molecular weight excluding hydrogens is 480 g/mol. The zero-order valence-corrected chi connectivity index (χ0v) is 19.2. The van der Waals surface area contributed by atoms with Crippen LogP contribution < -0.4 is 16.4 Å². The van der Waals surface area contributed by atoms with Crippen LogP contribution in [0.15, 0.2) is 0 Å². The molecule has 0 fully saturated rings. The van der Waals surface area contributed by atoms with E-state index in [1.54, 1.807) is 0 Å². The number of pyridine rings is 1. The summed E-state index contributed by atoms with van der Waals surface area (Å²) in [6.45, 7) is 0.196. The van der Waals surface area contributed by atoms with Crippen LogP contribution >= 0.6 is 24.0 Å².